The average molecular weight is 387 g/mol. The highest BCUT2D eigenvalue weighted by molar-refractivity contribution is 14.1. The molecule has 0 fully saturated rings. The van der Waals surface area contributed by atoms with Gasteiger partial charge in [-0.3, -0.25) is 4.79 Å². The molecule has 0 radical (unpaired) electrons. The molecule has 0 saturated heterocycles. The zero-order chi connectivity index (χ0) is 14.0. The fourth-order valence-electron chi connectivity index (χ4n) is 1.78. The maximum atomic E-state index is 12.2. The Morgan fingerprint density at radius 3 is 2.68 bits per heavy atom. The van der Waals surface area contributed by atoms with E-state index in [1.807, 2.05) is 25.1 Å². The van der Waals surface area contributed by atoms with Gasteiger partial charge in [-0.1, -0.05) is 23.7 Å². The predicted molar refractivity (Wildman–Crippen MR) is 87.7 cm³/mol. The number of nitrogen functional groups attached to an aromatic ring is 1. The Labute approximate surface area is 130 Å². The van der Waals surface area contributed by atoms with Crippen LogP contribution in [-0.2, 0) is 0 Å². The van der Waals surface area contributed by atoms with Crippen LogP contribution in [0.1, 0.15) is 15.9 Å². The van der Waals surface area contributed by atoms with Crippen LogP contribution in [0, 0.1) is 10.5 Å². The number of nitrogens with two attached hydrogens (primary N) is 1. The van der Waals surface area contributed by atoms with E-state index in [9.17, 15) is 4.79 Å². The molecule has 3 N–H and O–H groups in total. The number of anilines is 2. The van der Waals surface area contributed by atoms with Crippen LogP contribution < -0.4 is 11.1 Å². The van der Waals surface area contributed by atoms with E-state index in [1.54, 1.807) is 18.2 Å². The average Bonchev–Trinajstić information content (AvgIpc) is 2.32. The van der Waals surface area contributed by atoms with Gasteiger partial charge in [-0.2, -0.15) is 0 Å². The zero-order valence-corrected chi connectivity index (χ0v) is 13.1. The molecule has 3 nitrogen and oxygen atoms in total. The van der Waals surface area contributed by atoms with E-state index in [0.717, 1.165) is 9.13 Å². The minimum absolute atomic E-state index is 0.251. The lowest BCUT2D eigenvalue weighted by Crippen LogP contribution is -2.15. The van der Waals surface area contributed by atoms with Crippen LogP contribution in [0.5, 0.6) is 0 Å². The van der Waals surface area contributed by atoms with Gasteiger partial charge < -0.3 is 11.1 Å². The molecule has 0 bridgehead atoms. The number of nitrogens with one attached hydrogen (secondary N) is 1. The standard InChI is InChI=1S/C14H12ClIN2O/c1-8-3-2-4-11(17)13(8)14(19)18-12-6-5-9(16)7-10(12)15/h2-7H,17H2,1H3,(H,18,19). The number of hydrogen-bond acceptors (Lipinski definition) is 2. The predicted octanol–water partition coefficient (Wildman–Crippen LogP) is 4.09. The third kappa shape index (κ3) is 3.19. The van der Waals surface area contributed by atoms with E-state index >= 15 is 0 Å². The van der Waals surface area contributed by atoms with Gasteiger partial charge in [0.1, 0.15) is 0 Å². The summed E-state index contributed by atoms with van der Waals surface area (Å²) in [4.78, 5) is 12.2. The molecule has 0 atom stereocenters. The second-order valence-electron chi connectivity index (χ2n) is 4.12. The number of hydrogen-bond donors (Lipinski definition) is 2. The largest absolute Gasteiger partial charge is 0.398 e. The molecule has 0 saturated carbocycles. The molecule has 0 spiro atoms. The van der Waals surface area contributed by atoms with Gasteiger partial charge in [0, 0.05) is 9.26 Å². The molecular formula is C14H12ClIN2O. The van der Waals surface area contributed by atoms with Crippen LogP contribution in [0.2, 0.25) is 5.02 Å². The normalized spacial score (nSPS) is 10.3. The fourth-order valence-corrected chi connectivity index (χ4v) is 2.68. The maximum Gasteiger partial charge on any atom is 0.258 e. The Hall–Kier alpha value is -1.27. The van der Waals surface area contributed by atoms with Crippen LogP contribution in [-0.4, -0.2) is 5.91 Å². The Morgan fingerprint density at radius 1 is 1.32 bits per heavy atom. The summed E-state index contributed by atoms with van der Waals surface area (Å²) in [7, 11) is 0. The first-order valence-electron chi connectivity index (χ1n) is 5.60. The highest BCUT2D eigenvalue weighted by Gasteiger charge is 2.14. The van der Waals surface area contributed by atoms with Gasteiger partial charge in [0.05, 0.1) is 16.3 Å². The molecule has 2 rings (SSSR count). The number of halogens is 2. The number of amides is 1. The highest BCUT2D eigenvalue weighted by Crippen LogP contribution is 2.25. The van der Waals surface area contributed by atoms with Gasteiger partial charge >= 0.3 is 0 Å². The van der Waals surface area contributed by atoms with Crippen molar-refractivity contribution >= 4 is 51.5 Å². The van der Waals surface area contributed by atoms with Gasteiger partial charge in [-0.15, -0.1) is 0 Å². The molecule has 0 unspecified atom stereocenters. The molecule has 5 heteroatoms. The van der Waals surface area contributed by atoms with Crippen LogP contribution in [0.4, 0.5) is 11.4 Å². The highest BCUT2D eigenvalue weighted by atomic mass is 127. The Bertz CT molecular complexity index is 623. The number of carbonyl (C=O) groups excluding carboxylic acids is 1. The van der Waals surface area contributed by atoms with E-state index in [2.05, 4.69) is 27.9 Å². The second-order valence-corrected chi connectivity index (χ2v) is 5.77. The van der Waals surface area contributed by atoms with E-state index in [1.165, 1.54) is 0 Å². The molecular weight excluding hydrogens is 375 g/mol. The molecule has 98 valence electrons. The minimum Gasteiger partial charge on any atom is -0.398 e. The Kier molecular flexibility index (Phi) is 4.31. The van der Waals surface area contributed by atoms with E-state index in [4.69, 9.17) is 17.3 Å². The summed E-state index contributed by atoms with van der Waals surface area (Å²) in [5, 5.41) is 3.29. The number of aryl methyl sites for hydroxylation is 1. The van der Waals surface area contributed by atoms with E-state index in [-0.39, 0.29) is 5.91 Å². The van der Waals surface area contributed by atoms with Crippen molar-refractivity contribution in [2.24, 2.45) is 0 Å². The van der Waals surface area contributed by atoms with Gasteiger partial charge in [0.25, 0.3) is 5.91 Å². The smallest absolute Gasteiger partial charge is 0.258 e. The van der Waals surface area contributed by atoms with Crippen molar-refractivity contribution in [1.29, 1.82) is 0 Å². The summed E-state index contributed by atoms with van der Waals surface area (Å²) >= 11 is 8.25. The first kappa shape index (κ1) is 14.1. The molecule has 1 amide bonds. The second kappa shape index (κ2) is 5.79. The van der Waals surface area contributed by atoms with E-state index in [0.29, 0.717) is 22.0 Å². The molecule has 0 aliphatic carbocycles. The lowest BCUT2D eigenvalue weighted by Gasteiger charge is -2.11. The van der Waals surface area contributed by atoms with Crippen molar-refractivity contribution in [2.75, 3.05) is 11.1 Å². The van der Waals surface area contributed by atoms with Gasteiger partial charge in [-0.05, 0) is 59.3 Å². The molecule has 0 aromatic heterocycles. The van der Waals surface area contributed by atoms with Crippen molar-refractivity contribution in [2.45, 2.75) is 6.92 Å². The maximum absolute atomic E-state index is 12.2. The summed E-state index contributed by atoms with van der Waals surface area (Å²) in [5.41, 5.74) is 8.20. The monoisotopic (exact) mass is 386 g/mol. The Balaban J connectivity index is 2.31. The first-order valence-corrected chi connectivity index (χ1v) is 7.06. The number of carbonyl (C=O) groups is 1. The SMILES string of the molecule is Cc1cccc(N)c1C(=O)Nc1ccc(I)cc1Cl. The van der Waals surface area contributed by atoms with Crippen molar-refractivity contribution < 1.29 is 4.79 Å². The fraction of sp³-hybridized carbons (Fsp3) is 0.0714. The van der Waals surface area contributed by atoms with Crippen LogP contribution in [0.25, 0.3) is 0 Å². The minimum atomic E-state index is -0.251. The molecule has 0 aliphatic heterocycles. The van der Waals surface area contributed by atoms with E-state index < -0.39 is 0 Å². The van der Waals surface area contributed by atoms with Gasteiger partial charge in [0.15, 0.2) is 0 Å². The summed E-state index contributed by atoms with van der Waals surface area (Å²) in [6.45, 7) is 1.85. The van der Waals surface area contributed by atoms with Crippen LogP contribution in [0.3, 0.4) is 0 Å². The summed E-state index contributed by atoms with van der Waals surface area (Å²) in [6.07, 6.45) is 0. The molecule has 0 heterocycles. The van der Waals surface area contributed by atoms with Gasteiger partial charge in [0.2, 0.25) is 0 Å². The van der Waals surface area contributed by atoms with Crippen LogP contribution in [0.15, 0.2) is 36.4 Å². The van der Waals surface area contributed by atoms with Crippen molar-refractivity contribution in [3.05, 3.63) is 56.1 Å². The van der Waals surface area contributed by atoms with Crippen LogP contribution >= 0.6 is 34.2 Å². The summed E-state index contributed by atoms with van der Waals surface area (Å²) in [5.74, 6) is -0.251. The quantitative estimate of drug-likeness (QED) is 0.603. The van der Waals surface area contributed by atoms with Gasteiger partial charge in [-0.25, -0.2) is 0 Å². The summed E-state index contributed by atoms with van der Waals surface area (Å²) in [6, 6.07) is 10.8. The third-order valence-electron chi connectivity index (χ3n) is 2.71. The topological polar surface area (TPSA) is 55.1 Å². The third-order valence-corrected chi connectivity index (χ3v) is 3.70. The molecule has 0 aliphatic rings. The Morgan fingerprint density at radius 2 is 2.05 bits per heavy atom. The molecule has 2 aromatic carbocycles. The lowest BCUT2D eigenvalue weighted by molar-refractivity contribution is 0.102. The zero-order valence-electron chi connectivity index (χ0n) is 10.2. The molecule has 19 heavy (non-hydrogen) atoms. The number of rotatable bonds is 2. The van der Waals surface area contributed by atoms with Crippen molar-refractivity contribution in [1.82, 2.24) is 0 Å². The summed E-state index contributed by atoms with van der Waals surface area (Å²) < 4.78 is 1.01. The lowest BCUT2D eigenvalue weighted by atomic mass is 10.1. The molecule has 2 aromatic rings. The number of benzene rings is 2. The van der Waals surface area contributed by atoms with Crippen molar-refractivity contribution in [3.8, 4) is 0 Å². The van der Waals surface area contributed by atoms with Crippen molar-refractivity contribution in [3.63, 3.8) is 0 Å². The first-order chi connectivity index (χ1) is 8.99.